The number of nitrogens with zero attached hydrogens (tertiary/aromatic N) is 2. The molecular weight excluding hydrogens is 785 g/mol. The number of fused-ring (bicyclic) bond motifs is 4. The van der Waals surface area contributed by atoms with E-state index in [0.717, 1.165) is 29.2 Å². The van der Waals surface area contributed by atoms with Crippen LogP contribution in [0.2, 0.25) is 0 Å². The van der Waals surface area contributed by atoms with Crippen LogP contribution < -0.4 is 9.80 Å². The molecule has 2 nitrogen and oxygen atoms in total. The fraction of sp³-hybridized carbons (Fsp3) is 0.111. The molecule has 1 heterocycles. The van der Waals surface area contributed by atoms with E-state index in [-0.39, 0.29) is 5.41 Å². The molecule has 0 aromatic heterocycles. The molecule has 0 saturated carbocycles. The molecule has 1 aliphatic heterocycles. The van der Waals surface area contributed by atoms with Gasteiger partial charge in [0.2, 0.25) is 0 Å². The Kier molecular flexibility index (Phi) is 10.2. The molecule has 11 rings (SSSR count). The Bertz CT molecular complexity index is 3140. The number of anilines is 4. The maximum absolute atomic E-state index is 2.49. The lowest BCUT2D eigenvalue weighted by Gasteiger charge is -2.36. The van der Waals surface area contributed by atoms with Crippen molar-refractivity contribution in [2.45, 2.75) is 38.0 Å². The average Bonchev–Trinajstić information content (AvgIpc) is 3.66. The first-order chi connectivity index (χ1) is 31.9. The van der Waals surface area contributed by atoms with Crippen molar-refractivity contribution in [1.82, 2.24) is 0 Å². The number of hydrogen-bond donors (Lipinski definition) is 0. The van der Waals surface area contributed by atoms with Gasteiger partial charge in [0.1, 0.15) is 0 Å². The summed E-state index contributed by atoms with van der Waals surface area (Å²) >= 11 is 0. The molecule has 2 atom stereocenters. The monoisotopic (exact) mass is 836 g/mol. The van der Waals surface area contributed by atoms with Gasteiger partial charge in [-0.25, -0.2) is 0 Å². The quantitative estimate of drug-likeness (QED) is 0.150. The minimum absolute atomic E-state index is 0.236. The summed E-state index contributed by atoms with van der Waals surface area (Å²) in [5.74, 6) is 0.520. The van der Waals surface area contributed by atoms with Gasteiger partial charge in [-0.1, -0.05) is 203 Å². The molecule has 0 N–H and O–H groups in total. The highest BCUT2D eigenvalue weighted by atomic mass is 15.2. The Morgan fingerprint density at radius 1 is 0.508 bits per heavy atom. The maximum Gasteiger partial charge on any atom is 0.0710 e. The van der Waals surface area contributed by atoms with E-state index in [0.29, 0.717) is 5.92 Å². The van der Waals surface area contributed by atoms with Crippen LogP contribution in [0.4, 0.5) is 22.7 Å². The van der Waals surface area contributed by atoms with Crippen molar-refractivity contribution in [1.29, 1.82) is 0 Å². The lowest BCUT2D eigenvalue weighted by Crippen LogP contribution is -2.30. The molecule has 3 aliphatic rings. The van der Waals surface area contributed by atoms with E-state index in [9.17, 15) is 0 Å². The van der Waals surface area contributed by atoms with Gasteiger partial charge in [-0.05, 0) is 128 Å². The predicted octanol–water partition coefficient (Wildman–Crippen LogP) is 16.5. The Morgan fingerprint density at radius 3 is 1.74 bits per heavy atom. The van der Waals surface area contributed by atoms with E-state index in [2.05, 4.69) is 273 Å². The standard InChI is InChI=1S/C63H52N2/c1-45-27-34-51(35-28-45)63(50-19-9-5-10-20-50)58-24-14-13-23-56(58)57-40-33-49(43-60(57)63)48-31-38-54(39-32-48)65(53-36-29-47(30-37-53)46-17-7-4-8-18-46)55-41-42-62(2,3)59-25-15-16-26-61(59)64(44-55)52-21-11-6-12-22-52/h4-27,29-45H,28H2,1-3H3. The second-order valence-electron chi connectivity index (χ2n) is 18.3. The maximum atomic E-state index is 2.49. The van der Waals surface area contributed by atoms with Crippen molar-refractivity contribution in [3.8, 4) is 33.4 Å². The van der Waals surface area contributed by atoms with Crippen molar-refractivity contribution < 1.29 is 0 Å². The third kappa shape index (κ3) is 7.07. The van der Waals surface area contributed by atoms with Gasteiger partial charge in [-0.2, -0.15) is 0 Å². The van der Waals surface area contributed by atoms with Crippen LogP contribution in [0, 0.1) is 5.92 Å². The van der Waals surface area contributed by atoms with Gasteiger partial charge in [0.25, 0.3) is 0 Å². The molecule has 0 bridgehead atoms. The normalized spacial score (nSPS) is 18.1. The Labute approximate surface area is 384 Å². The highest BCUT2D eigenvalue weighted by molar-refractivity contribution is 5.89. The van der Waals surface area contributed by atoms with Crippen molar-refractivity contribution in [2.75, 3.05) is 9.80 Å². The smallest absolute Gasteiger partial charge is 0.0710 e. The molecule has 2 aliphatic carbocycles. The van der Waals surface area contributed by atoms with Gasteiger partial charge >= 0.3 is 0 Å². The molecule has 0 fully saturated rings. The third-order valence-electron chi connectivity index (χ3n) is 13.8. The minimum Gasteiger partial charge on any atom is -0.315 e. The molecule has 2 unspecified atom stereocenters. The molecule has 314 valence electrons. The summed E-state index contributed by atoms with van der Waals surface area (Å²) < 4.78 is 0. The van der Waals surface area contributed by atoms with E-state index in [1.807, 2.05) is 0 Å². The first-order valence-corrected chi connectivity index (χ1v) is 23.0. The van der Waals surface area contributed by atoms with Crippen LogP contribution in [-0.2, 0) is 10.8 Å². The second kappa shape index (κ2) is 16.5. The SMILES string of the molecule is CC1C=CC(C2(c3ccccc3)c3ccccc3-c3ccc(-c4ccc(N(C5=CN(c6ccccc6)c6ccccc6C(C)(C)C=C5)c5ccc(-c6ccccc6)cc5)cc4)cc32)=CC1. The first-order valence-electron chi connectivity index (χ1n) is 23.0. The number of hydrogen-bond acceptors (Lipinski definition) is 2. The summed E-state index contributed by atoms with van der Waals surface area (Å²) in [7, 11) is 0. The van der Waals surface area contributed by atoms with Crippen LogP contribution in [0.3, 0.4) is 0 Å². The van der Waals surface area contributed by atoms with E-state index in [1.165, 1.54) is 66.9 Å². The van der Waals surface area contributed by atoms with Gasteiger partial charge in [0.15, 0.2) is 0 Å². The van der Waals surface area contributed by atoms with Crippen LogP contribution in [0.1, 0.15) is 49.4 Å². The Morgan fingerprint density at radius 2 is 1.06 bits per heavy atom. The van der Waals surface area contributed by atoms with Gasteiger partial charge < -0.3 is 9.80 Å². The fourth-order valence-corrected chi connectivity index (χ4v) is 10.4. The van der Waals surface area contributed by atoms with E-state index in [1.54, 1.807) is 0 Å². The summed E-state index contributed by atoms with van der Waals surface area (Å²) in [6, 6.07) is 75.7. The zero-order valence-electron chi connectivity index (χ0n) is 37.3. The molecule has 0 spiro atoms. The van der Waals surface area contributed by atoms with E-state index >= 15 is 0 Å². The molecule has 2 heteroatoms. The second-order valence-corrected chi connectivity index (χ2v) is 18.3. The number of benzene rings is 8. The molecule has 8 aromatic carbocycles. The lowest BCUT2D eigenvalue weighted by atomic mass is 9.65. The fourth-order valence-electron chi connectivity index (χ4n) is 10.4. The van der Waals surface area contributed by atoms with Crippen molar-refractivity contribution >= 4 is 22.7 Å². The van der Waals surface area contributed by atoms with Crippen molar-refractivity contribution in [2.24, 2.45) is 5.92 Å². The van der Waals surface area contributed by atoms with E-state index < -0.39 is 5.41 Å². The first kappa shape index (κ1) is 40.1. The van der Waals surface area contributed by atoms with Crippen LogP contribution >= 0.6 is 0 Å². The largest absolute Gasteiger partial charge is 0.315 e. The van der Waals surface area contributed by atoms with Crippen molar-refractivity contribution in [3.63, 3.8) is 0 Å². The molecule has 0 amide bonds. The molecule has 0 saturated heterocycles. The van der Waals surface area contributed by atoms with Gasteiger partial charge in [-0.3, -0.25) is 0 Å². The highest BCUT2D eigenvalue weighted by Gasteiger charge is 2.47. The number of para-hydroxylation sites is 2. The number of rotatable bonds is 8. The van der Waals surface area contributed by atoms with E-state index in [4.69, 9.17) is 0 Å². The zero-order valence-corrected chi connectivity index (χ0v) is 37.3. The summed E-state index contributed by atoms with van der Waals surface area (Å²) in [6.07, 6.45) is 15.3. The van der Waals surface area contributed by atoms with Gasteiger partial charge in [0, 0.05) is 34.4 Å². The average molecular weight is 837 g/mol. The van der Waals surface area contributed by atoms with Crippen molar-refractivity contribution in [3.05, 3.63) is 276 Å². The lowest BCUT2D eigenvalue weighted by molar-refractivity contribution is 0.668. The summed E-state index contributed by atoms with van der Waals surface area (Å²) in [6.45, 7) is 6.93. The zero-order chi connectivity index (χ0) is 44.0. The minimum atomic E-state index is -0.420. The summed E-state index contributed by atoms with van der Waals surface area (Å²) in [5.41, 5.74) is 18.8. The molecule has 0 radical (unpaired) electrons. The topological polar surface area (TPSA) is 6.48 Å². The number of allylic oxidation sites excluding steroid dienone is 6. The van der Waals surface area contributed by atoms with Crippen LogP contribution in [0.15, 0.2) is 254 Å². The third-order valence-corrected chi connectivity index (χ3v) is 13.8. The van der Waals surface area contributed by atoms with Crippen LogP contribution in [-0.4, -0.2) is 0 Å². The summed E-state index contributed by atoms with van der Waals surface area (Å²) in [5, 5.41) is 0. The molecular formula is C63H52N2. The predicted molar refractivity (Wildman–Crippen MR) is 274 cm³/mol. The summed E-state index contributed by atoms with van der Waals surface area (Å²) in [4.78, 5) is 4.76. The van der Waals surface area contributed by atoms with Crippen LogP contribution in [0.5, 0.6) is 0 Å². The molecule has 8 aromatic rings. The van der Waals surface area contributed by atoms with Gasteiger partial charge in [-0.15, -0.1) is 0 Å². The van der Waals surface area contributed by atoms with Gasteiger partial charge in [0.05, 0.1) is 11.1 Å². The molecule has 65 heavy (non-hydrogen) atoms. The Hall–Kier alpha value is -7.68. The van der Waals surface area contributed by atoms with Crippen LogP contribution in [0.25, 0.3) is 33.4 Å². The highest BCUT2D eigenvalue weighted by Crippen LogP contribution is 2.58. The Balaban J connectivity index is 1.06.